The van der Waals surface area contributed by atoms with Gasteiger partial charge in [-0.2, -0.15) is 9.71 Å². The van der Waals surface area contributed by atoms with Gasteiger partial charge in [-0.15, -0.1) is 0 Å². The summed E-state index contributed by atoms with van der Waals surface area (Å²) in [6.07, 6.45) is -1.14. The van der Waals surface area contributed by atoms with Gasteiger partial charge in [-0.25, -0.2) is 13.2 Å². The fraction of sp³-hybridized carbons (Fsp3) is 0.370. The molecule has 226 valence electrons. The van der Waals surface area contributed by atoms with Gasteiger partial charge in [-0.05, 0) is 44.5 Å². The van der Waals surface area contributed by atoms with Crippen molar-refractivity contribution in [2.24, 2.45) is 15.9 Å². The number of rotatable bonds is 10. The number of nitrogens with zero attached hydrogens (tertiary/aromatic N) is 2. The summed E-state index contributed by atoms with van der Waals surface area (Å²) in [4.78, 5) is 45.8. The minimum atomic E-state index is -4.08. The molecular weight excluding hydrogens is 634 g/mol. The molecular formula is C27H32BrN5O8S. The number of oxime groups is 1. The standard InChI is InChI=1S/C27H32BrN5O8S/c1-27(2,3)40-26(36)31-24(29)17-10-8-16(9-11-17)21-13-19(41-32-21)14-23(34)30-15-22(25(35)39-4)33-42(37,38)20-7-5-6-18(28)12-20/h5-12,19,22,33H,13-15H2,1-4H3,(H,30,34)(H2,29,31,36)/t19?,22-/m0/s1. The van der Waals surface area contributed by atoms with E-state index in [4.69, 9.17) is 20.0 Å². The van der Waals surface area contributed by atoms with Crippen LogP contribution in [0.3, 0.4) is 0 Å². The molecule has 2 aromatic rings. The molecule has 1 unspecified atom stereocenters. The van der Waals surface area contributed by atoms with Crippen LogP contribution in [0.2, 0.25) is 0 Å². The molecule has 0 aliphatic carbocycles. The van der Waals surface area contributed by atoms with E-state index in [9.17, 15) is 22.8 Å². The molecule has 13 nitrogen and oxygen atoms in total. The van der Waals surface area contributed by atoms with Gasteiger partial charge in [0.1, 0.15) is 23.6 Å². The third-order valence-corrected chi connectivity index (χ3v) is 7.62. The van der Waals surface area contributed by atoms with Crippen molar-refractivity contribution in [2.75, 3.05) is 13.7 Å². The van der Waals surface area contributed by atoms with E-state index in [1.165, 1.54) is 18.2 Å². The fourth-order valence-corrected chi connectivity index (χ4v) is 5.47. The lowest BCUT2D eigenvalue weighted by atomic mass is 10.0. The van der Waals surface area contributed by atoms with Gasteiger partial charge >= 0.3 is 12.1 Å². The Morgan fingerprint density at radius 2 is 1.88 bits per heavy atom. The highest BCUT2D eigenvalue weighted by atomic mass is 79.9. The molecule has 15 heteroatoms. The molecule has 0 fully saturated rings. The molecule has 0 aromatic heterocycles. The normalized spacial score (nSPS) is 16.2. The van der Waals surface area contributed by atoms with Crippen LogP contribution in [0, 0.1) is 0 Å². The number of halogens is 1. The van der Waals surface area contributed by atoms with Crippen molar-refractivity contribution in [3.63, 3.8) is 0 Å². The number of amidine groups is 1. The predicted octanol–water partition coefficient (Wildman–Crippen LogP) is 2.61. The largest absolute Gasteiger partial charge is 0.468 e. The number of esters is 1. The molecule has 2 amide bonds. The van der Waals surface area contributed by atoms with Crippen molar-refractivity contribution in [3.8, 4) is 0 Å². The van der Waals surface area contributed by atoms with E-state index in [1.54, 1.807) is 51.1 Å². The molecule has 1 aliphatic heterocycles. The first kappa shape index (κ1) is 32.7. The minimum absolute atomic E-state index is 0.000791. The van der Waals surface area contributed by atoms with Gasteiger partial charge < -0.3 is 25.4 Å². The van der Waals surface area contributed by atoms with Crippen LogP contribution >= 0.6 is 15.9 Å². The maximum Gasteiger partial charge on any atom is 0.436 e. The van der Waals surface area contributed by atoms with Crippen LogP contribution in [0.15, 0.2) is 68.0 Å². The van der Waals surface area contributed by atoms with Crippen LogP contribution in [0.4, 0.5) is 4.79 Å². The van der Waals surface area contributed by atoms with Crippen molar-refractivity contribution in [1.82, 2.24) is 10.0 Å². The van der Waals surface area contributed by atoms with E-state index in [0.29, 0.717) is 22.2 Å². The summed E-state index contributed by atoms with van der Waals surface area (Å²) in [6.45, 7) is 4.83. The highest BCUT2D eigenvalue weighted by molar-refractivity contribution is 9.10. The maximum atomic E-state index is 12.7. The molecule has 1 heterocycles. The number of sulfonamides is 1. The number of hydrogen-bond donors (Lipinski definition) is 3. The molecule has 4 N–H and O–H groups in total. The number of aliphatic imine (C=N–C) groups is 1. The van der Waals surface area contributed by atoms with E-state index >= 15 is 0 Å². The lowest BCUT2D eigenvalue weighted by molar-refractivity contribution is -0.142. The second kappa shape index (κ2) is 13.9. The molecule has 2 aromatic carbocycles. The zero-order valence-corrected chi connectivity index (χ0v) is 25.8. The van der Waals surface area contributed by atoms with Gasteiger partial charge in [-0.1, -0.05) is 51.4 Å². The van der Waals surface area contributed by atoms with Gasteiger partial charge in [0.05, 0.1) is 24.1 Å². The Kier molecular flexibility index (Phi) is 10.8. The van der Waals surface area contributed by atoms with Crippen LogP contribution in [0.5, 0.6) is 0 Å². The third-order valence-electron chi connectivity index (χ3n) is 5.66. The lowest BCUT2D eigenvalue weighted by Gasteiger charge is -2.18. The van der Waals surface area contributed by atoms with E-state index in [2.05, 4.69) is 36.1 Å². The average molecular weight is 667 g/mol. The van der Waals surface area contributed by atoms with E-state index in [0.717, 1.165) is 12.7 Å². The van der Waals surface area contributed by atoms with Crippen LogP contribution < -0.4 is 15.8 Å². The molecule has 0 bridgehead atoms. The molecule has 0 saturated carbocycles. The van der Waals surface area contributed by atoms with Crippen LogP contribution in [-0.4, -0.2) is 69.3 Å². The molecule has 1 aliphatic rings. The summed E-state index contributed by atoms with van der Waals surface area (Å²) in [6, 6.07) is 11.4. The SMILES string of the molecule is COC(=O)[C@H](CNC(=O)CC1CC(c2ccc(/C(N)=N\C(=O)OC(C)(C)C)cc2)=NO1)NS(=O)(=O)c1cccc(Br)c1. The topological polar surface area (TPSA) is 188 Å². The van der Waals surface area contributed by atoms with E-state index in [1.807, 2.05) is 0 Å². The monoisotopic (exact) mass is 665 g/mol. The van der Waals surface area contributed by atoms with Crippen LogP contribution in [0.25, 0.3) is 0 Å². The Balaban J connectivity index is 1.53. The quantitative estimate of drug-likeness (QED) is 0.195. The van der Waals surface area contributed by atoms with E-state index < -0.39 is 45.7 Å². The smallest absolute Gasteiger partial charge is 0.436 e. The third kappa shape index (κ3) is 9.63. The second-order valence-corrected chi connectivity index (χ2v) is 12.8. The van der Waals surface area contributed by atoms with Crippen LogP contribution in [0.1, 0.15) is 44.7 Å². The van der Waals surface area contributed by atoms with E-state index in [-0.39, 0.29) is 23.7 Å². The van der Waals surface area contributed by atoms with Crippen molar-refractivity contribution in [1.29, 1.82) is 0 Å². The van der Waals surface area contributed by atoms with Gasteiger partial charge in [0.2, 0.25) is 15.9 Å². The number of carbonyl (C=O) groups excluding carboxylic acids is 3. The molecule has 0 saturated heterocycles. The highest BCUT2D eigenvalue weighted by Crippen LogP contribution is 2.20. The number of carbonyl (C=O) groups is 3. The van der Waals surface area contributed by atoms with Crippen LogP contribution in [-0.2, 0) is 33.9 Å². The summed E-state index contributed by atoms with van der Waals surface area (Å²) >= 11 is 3.21. The maximum absolute atomic E-state index is 12.7. The molecule has 3 rings (SSSR count). The first-order valence-corrected chi connectivity index (χ1v) is 15.0. The number of nitrogens with one attached hydrogen (secondary N) is 2. The Labute approximate surface area is 252 Å². The summed E-state index contributed by atoms with van der Waals surface area (Å²) < 4.78 is 38.1. The molecule has 0 radical (unpaired) electrons. The zero-order chi connectivity index (χ0) is 31.1. The number of ether oxygens (including phenoxy) is 2. The van der Waals surface area contributed by atoms with Crippen molar-refractivity contribution in [3.05, 3.63) is 64.1 Å². The summed E-state index contributed by atoms with van der Waals surface area (Å²) in [5.74, 6) is -1.34. The number of amides is 2. The number of nitrogens with two attached hydrogens (primary N) is 1. The summed E-state index contributed by atoms with van der Waals surface area (Å²) in [5, 5.41) is 6.60. The van der Waals surface area contributed by atoms with Gasteiger partial charge in [0, 0.05) is 23.0 Å². The zero-order valence-electron chi connectivity index (χ0n) is 23.4. The predicted molar refractivity (Wildman–Crippen MR) is 157 cm³/mol. The Morgan fingerprint density at radius 3 is 2.50 bits per heavy atom. The highest BCUT2D eigenvalue weighted by Gasteiger charge is 2.29. The minimum Gasteiger partial charge on any atom is -0.468 e. The molecule has 42 heavy (non-hydrogen) atoms. The van der Waals surface area contributed by atoms with Gasteiger partial charge in [0.15, 0.2) is 0 Å². The molecule has 0 spiro atoms. The lowest BCUT2D eigenvalue weighted by Crippen LogP contribution is -2.49. The second-order valence-electron chi connectivity index (χ2n) is 10.2. The van der Waals surface area contributed by atoms with Gasteiger partial charge in [-0.3, -0.25) is 9.59 Å². The van der Waals surface area contributed by atoms with Gasteiger partial charge in [0.25, 0.3) is 0 Å². The molecule has 2 atom stereocenters. The first-order chi connectivity index (χ1) is 19.7. The van der Waals surface area contributed by atoms with Crippen molar-refractivity contribution in [2.45, 2.75) is 56.3 Å². The number of methoxy groups -OCH3 is 1. The summed E-state index contributed by atoms with van der Waals surface area (Å²) in [5.41, 5.74) is 7.05. The fourth-order valence-electron chi connectivity index (χ4n) is 3.69. The average Bonchev–Trinajstić information content (AvgIpc) is 3.37. The Hall–Kier alpha value is -3.82. The Bertz CT molecular complexity index is 1490. The van der Waals surface area contributed by atoms with Crippen molar-refractivity contribution < 1.29 is 37.1 Å². The van der Waals surface area contributed by atoms with Crippen molar-refractivity contribution >= 4 is 55.5 Å². The number of benzene rings is 2. The first-order valence-electron chi connectivity index (χ1n) is 12.7. The summed E-state index contributed by atoms with van der Waals surface area (Å²) in [7, 11) is -2.97. The number of hydrogen-bond acceptors (Lipinski definition) is 9. The Morgan fingerprint density at radius 1 is 1.19 bits per heavy atom.